The van der Waals surface area contributed by atoms with Gasteiger partial charge in [0.15, 0.2) is 0 Å². The molecule has 98 valence electrons. The molecular formula is C15H18N4. The quantitative estimate of drug-likeness (QED) is 0.911. The summed E-state index contributed by atoms with van der Waals surface area (Å²) in [5, 5.41) is 6.76. The number of H-pyrrole nitrogens is 1. The normalized spacial score (nSPS) is 14.8. The van der Waals surface area contributed by atoms with Gasteiger partial charge < -0.3 is 4.98 Å². The molecule has 0 atom stereocenters. The highest BCUT2D eigenvalue weighted by Gasteiger charge is 2.16. The van der Waals surface area contributed by atoms with Crippen LogP contribution in [0.25, 0.3) is 0 Å². The fourth-order valence-electron chi connectivity index (χ4n) is 2.31. The topological polar surface area (TPSA) is 44.3 Å². The standard InChI is InChI=1S/C15H18N4/c1-2-12-3-5-14(6-4-12)19-10-7-13(18-19)11-15-16-8-9-17-15/h3-6,8-9H,2,7,10-11H2,1H3,(H,16,17). The average molecular weight is 254 g/mol. The lowest BCUT2D eigenvalue weighted by Crippen LogP contribution is -2.11. The molecule has 1 aromatic heterocycles. The van der Waals surface area contributed by atoms with E-state index in [0.717, 1.165) is 31.6 Å². The predicted octanol–water partition coefficient (Wildman–Crippen LogP) is 2.78. The smallest absolute Gasteiger partial charge is 0.111 e. The predicted molar refractivity (Wildman–Crippen MR) is 77.5 cm³/mol. The molecule has 2 heterocycles. The van der Waals surface area contributed by atoms with Gasteiger partial charge in [0.2, 0.25) is 0 Å². The molecule has 4 nitrogen and oxygen atoms in total. The average Bonchev–Trinajstić information content (AvgIpc) is 3.11. The summed E-state index contributed by atoms with van der Waals surface area (Å²) in [6.07, 6.45) is 6.54. The summed E-state index contributed by atoms with van der Waals surface area (Å²) in [5.74, 6) is 0.988. The maximum Gasteiger partial charge on any atom is 0.111 e. The van der Waals surface area contributed by atoms with Crippen LogP contribution in [0, 0.1) is 0 Å². The van der Waals surface area contributed by atoms with Crippen LogP contribution in [-0.4, -0.2) is 22.2 Å². The van der Waals surface area contributed by atoms with Crippen molar-refractivity contribution in [2.45, 2.75) is 26.2 Å². The number of hydrogen-bond donors (Lipinski definition) is 1. The van der Waals surface area contributed by atoms with Gasteiger partial charge in [0.1, 0.15) is 5.82 Å². The summed E-state index contributed by atoms with van der Waals surface area (Å²) in [4.78, 5) is 7.37. The summed E-state index contributed by atoms with van der Waals surface area (Å²) in [6, 6.07) is 8.65. The summed E-state index contributed by atoms with van der Waals surface area (Å²) >= 11 is 0. The Kier molecular flexibility index (Phi) is 3.31. The lowest BCUT2D eigenvalue weighted by atomic mass is 10.1. The molecule has 4 heteroatoms. The Balaban J connectivity index is 1.71. The summed E-state index contributed by atoms with van der Waals surface area (Å²) in [7, 11) is 0. The van der Waals surface area contributed by atoms with Crippen LogP contribution in [0.5, 0.6) is 0 Å². The molecule has 3 rings (SSSR count). The van der Waals surface area contributed by atoms with Gasteiger partial charge in [0.25, 0.3) is 0 Å². The second-order valence-electron chi connectivity index (χ2n) is 4.77. The van der Waals surface area contributed by atoms with E-state index in [0.29, 0.717) is 0 Å². The first kappa shape index (κ1) is 12.0. The maximum atomic E-state index is 4.68. The van der Waals surface area contributed by atoms with Gasteiger partial charge in [-0.3, -0.25) is 5.01 Å². The minimum absolute atomic E-state index is 0.816. The van der Waals surface area contributed by atoms with Crippen LogP contribution in [0.4, 0.5) is 5.69 Å². The molecule has 0 bridgehead atoms. The third kappa shape index (κ3) is 2.67. The molecule has 1 N–H and O–H groups in total. The first-order valence-corrected chi connectivity index (χ1v) is 6.76. The van der Waals surface area contributed by atoms with E-state index in [1.54, 1.807) is 6.20 Å². The van der Waals surface area contributed by atoms with Gasteiger partial charge in [-0.25, -0.2) is 4.98 Å². The number of aromatic nitrogens is 2. The van der Waals surface area contributed by atoms with Gasteiger partial charge in [0.05, 0.1) is 5.69 Å². The number of nitrogens with zero attached hydrogens (tertiary/aromatic N) is 3. The van der Waals surface area contributed by atoms with Crippen molar-refractivity contribution in [1.82, 2.24) is 9.97 Å². The van der Waals surface area contributed by atoms with Crippen LogP contribution in [0.2, 0.25) is 0 Å². The third-order valence-electron chi connectivity index (χ3n) is 3.44. The van der Waals surface area contributed by atoms with Crippen LogP contribution in [0.1, 0.15) is 24.7 Å². The Labute approximate surface area is 113 Å². The van der Waals surface area contributed by atoms with Crippen molar-refractivity contribution in [1.29, 1.82) is 0 Å². The molecule has 0 radical (unpaired) electrons. The summed E-state index contributed by atoms with van der Waals surface area (Å²) in [5.41, 5.74) is 3.73. The van der Waals surface area contributed by atoms with E-state index in [9.17, 15) is 0 Å². The third-order valence-corrected chi connectivity index (χ3v) is 3.44. The number of aryl methyl sites for hydroxylation is 1. The number of imidazole rings is 1. The Morgan fingerprint density at radius 1 is 1.26 bits per heavy atom. The maximum absolute atomic E-state index is 4.68. The highest BCUT2D eigenvalue weighted by molar-refractivity contribution is 5.89. The first-order chi connectivity index (χ1) is 9.35. The molecule has 0 unspecified atom stereocenters. The van der Waals surface area contributed by atoms with Crippen LogP contribution < -0.4 is 5.01 Å². The Morgan fingerprint density at radius 3 is 2.79 bits per heavy atom. The van der Waals surface area contributed by atoms with Crippen molar-refractivity contribution in [3.63, 3.8) is 0 Å². The number of aromatic amines is 1. The number of benzene rings is 1. The number of nitrogens with one attached hydrogen (secondary N) is 1. The van der Waals surface area contributed by atoms with Crippen LogP contribution in [-0.2, 0) is 12.8 Å². The van der Waals surface area contributed by atoms with Crippen molar-refractivity contribution in [2.75, 3.05) is 11.6 Å². The molecule has 1 aliphatic heterocycles. The summed E-state index contributed by atoms with van der Waals surface area (Å²) in [6.45, 7) is 3.13. The molecule has 19 heavy (non-hydrogen) atoms. The molecule has 2 aromatic rings. The number of rotatable bonds is 4. The van der Waals surface area contributed by atoms with Gasteiger partial charge in [-0.1, -0.05) is 19.1 Å². The lowest BCUT2D eigenvalue weighted by molar-refractivity contribution is 0.920. The van der Waals surface area contributed by atoms with Gasteiger partial charge in [-0.2, -0.15) is 5.10 Å². The highest BCUT2D eigenvalue weighted by Crippen LogP contribution is 2.20. The van der Waals surface area contributed by atoms with Crippen molar-refractivity contribution in [3.8, 4) is 0 Å². The van der Waals surface area contributed by atoms with Crippen molar-refractivity contribution in [3.05, 3.63) is 48.0 Å². The molecule has 0 spiro atoms. The van der Waals surface area contributed by atoms with Gasteiger partial charge >= 0.3 is 0 Å². The van der Waals surface area contributed by atoms with E-state index in [4.69, 9.17) is 0 Å². The Hall–Kier alpha value is -2.10. The van der Waals surface area contributed by atoms with Crippen molar-refractivity contribution in [2.24, 2.45) is 5.10 Å². The van der Waals surface area contributed by atoms with E-state index < -0.39 is 0 Å². The number of anilines is 1. The van der Waals surface area contributed by atoms with E-state index >= 15 is 0 Å². The minimum Gasteiger partial charge on any atom is -0.348 e. The summed E-state index contributed by atoms with van der Waals surface area (Å²) < 4.78 is 0. The van der Waals surface area contributed by atoms with E-state index in [-0.39, 0.29) is 0 Å². The zero-order chi connectivity index (χ0) is 13.1. The Bertz CT molecular complexity index is 554. The molecule has 0 fully saturated rings. The lowest BCUT2D eigenvalue weighted by Gasteiger charge is -2.13. The largest absolute Gasteiger partial charge is 0.348 e. The van der Waals surface area contributed by atoms with Crippen molar-refractivity contribution >= 4 is 11.4 Å². The van der Waals surface area contributed by atoms with E-state index in [1.165, 1.54) is 17.0 Å². The SMILES string of the molecule is CCc1ccc(N2CCC(Cc3ncc[nH]3)=N2)cc1. The molecule has 0 saturated carbocycles. The van der Waals surface area contributed by atoms with Crippen molar-refractivity contribution < 1.29 is 0 Å². The van der Waals surface area contributed by atoms with E-state index in [2.05, 4.69) is 51.3 Å². The zero-order valence-electron chi connectivity index (χ0n) is 11.1. The molecule has 0 amide bonds. The zero-order valence-corrected chi connectivity index (χ0v) is 11.1. The second-order valence-corrected chi connectivity index (χ2v) is 4.77. The highest BCUT2D eigenvalue weighted by atomic mass is 15.5. The van der Waals surface area contributed by atoms with Crippen LogP contribution in [0.3, 0.4) is 0 Å². The second kappa shape index (κ2) is 5.26. The Morgan fingerprint density at radius 2 is 2.11 bits per heavy atom. The fourth-order valence-corrected chi connectivity index (χ4v) is 2.31. The number of hydrazone groups is 1. The van der Waals surface area contributed by atoms with Gasteiger partial charge in [0, 0.05) is 37.5 Å². The molecule has 0 aliphatic carbocycles. The fraction of sp³-hybridized carbons (Fsp3) is 0.333. The molecular weight excluding hydrogens is 236 g/mol. The molecule has 1 aromatic carbocycles. The van der Waals surface area contributed by atoms with E-state index in [1.807, 2.05) is 6.20 Å². The minimum atomic E-state index is 0.816. The van der Waals surface area contributed by atoms with Gasteiger partial charge in [-0.15, -0.1) is 0 Å². The van der Waals surface area contributed by atoms with Crippen LogP contribution in [0.15, 0.2) is 41.8 Å². The van der Waals surface area contributed by atoms with Gasteiger partial charge in [-0.05, 0) is 24.1 Å². The number of hydrogen-bond acceptors (Lipinski definition) is 3. The molecule has 1 aliphatic rings. The van der Waals surface area contributed by atoms with Crippen LogP contribution >= 0.6 is 0 Å². The monoisotopic (exact) mass is 254 g/mol. The molecule has 0 saturated heterocycles. The first-order valence-electron chi connectivity index (χ1n) is 6.76.